The molecule has 0 radical (unpaired) electrons. The quantitative estimate of drug-likeness (QED) is 0.809. The Balaban J connectivity index is 2.15. The predicted octanol–water partition coefficient (Wildman–Crippen LogP) is 4.76. The van der Waals surface area contributed by atoms with Crippen molar-refractivity contribution < 1.29 is 9.13 Å². The minimum absolute atomic E-state index is 0.111. The Bertz CT molecular complexity index is 600. The number of benzene rings is 1. The molecule has 0 atom stereocenters. The zero-order valence-electron chi connectivity index (χ0n) is 13.1. The van der Waals surface area contributed by atoms with Crippen LogP contribution in [0.5, 0.6) is 0 Å². The first-order valence-corrected chi connectivity index (χ1v) is 7.15. The molecule has 0 saturated carbocycles. The molecule has 1 heterocycles. The lowest BCUT2D eigenvalue weighted by Crippen LogP contribution is -2.14. The van der Waals surface area contributed by atoms with E-state index >= 15 is 0 Å². The number of aromatic nitrogens is 1. The zero-order valence-corrected chi connectivity index (χ0v) is 13.1. The number of nitrogens with zero attached hydrogens (tertiary/aromatic N) is 1. The number of hydrogen-bond donors (Lipinski definition) is 0. The number of hydrogen-bond acceptors (Lipinski definition) is 2. The maximum atomic E-state index is 14.0. The fraction of sp³-hybridized carbons (Fsp3) is 0.389. The van der Waals surface area contributed by atoms with Gasteiger partial charge in [0.15, 0.2) is 0 Å². The third-order valence-corrected chi connectivity index (χ3v) is 3.01. The lowest BCUT2D eigenvalue weighted by molar-refractivity contribution is 0.0581. The van der Waals surface area contributed by atoms with Crippen LogP contribution in [0.4, 0.5) is 4.39 Å². The minimum Gasteiger partial charge on any atom is -0.375 e. The van der Waals surface area contributed by atoms with Crippen molar-refractivity contribution in [1.82, 2.24) is 4.98 Å². The number of aryl methyl sites for hydroxylation is 1. The van der Waals surface area contributed by atoms with Gasteiger partial charge in [0.05, 0.1) is 18.9 Å². The van der Waals surface area contributed by atoms with Gasteiger partial charge >= 0.3 is 0 Å². The van der Waals surface area contributed by atoms with Crippen LogP contribution in [0.1, 0.15) is 32.0 Å². The summed E-state index contributed by atoms with van der Waals surface area (Å²) in [7, 11) is 0. The van der Waals surface area contributed by atoms with Crippen molar-refractivity contribution in [3.8, 4) is 11.3 Å². The van der Waals surface area contributed by atoms with Crippen molar-refractivity contribution in [3.63, 3.8) is 0 Å². The molecule has 0 amide bonds. The van der Waals surface area contributed by atoms with Gasteiger partial charge in [0.2, 0.25) is 0 Å². The second-order valence-corrected chi connectivity index (χ2v) is 6.55. The molecule has 0 spiro atoms. The number of ether oxygens (including phenoxy) is 1. The molecule has 112 valence electrons. The predicted molar refractivity (Wildman–Crippen MR) is 83.5 cm³/mol. The molecular formula is C18H22FNO. The number of halogens is 1. The molecule has 0 unspecified atom stereocenters. The Morgan fingerprint density at radius 3 is 2.33 bits per heavy atom. The molecule has 2 nitrogen and oxygen atoms in total. The summed E-state index contributed by atoms with van der Waals surface area (Å²) in [6.45, 7) is 9.39. The molecule has 3 heteroatoms. The SMILES string of the molecule is Cc1ccc(-c2nc(COCC(C)(C)C)ccc2F)cc1. The molecule has 0 bridgehead atoms. The van der Waals surface area contributed by atoms with Crippen LogP contribution < -0.4 is 0 Å². The van der Waals surface area contributed by atoms with E-state index in [0.717, 1.165) is 16.8 Å². The van der Waals surface area contributed by atoms with E-state index in [0.29, 0.717) is 18.9 Å². The highest BCUT2D eigenvalue weighted by Crippen LogP contribution is 2.22. The summed E-state index contributed by atoms with van der Waals surface area (Å²) in [5, 5.41) is 0. The van der Waals surface area contributed by atoms with Crippen molar-refractivity contribution >= 4 is 0 Å². The summed E-state index contributed by atoms with van der Waals surface area (Å²) in [4.78, 5) is 4.39. The van der Waals surface area contributed by atoms with E-state index in [2.05, 4.69) is 25.8 Å². The van der Waals surface area contributed by atoms with Crippen molar-refractivity contribution in [2.45, 2.75) is 34.3 Å². The Labute approximate surface area is 126 Å². The second-order valence-electron chi connectivity index (χ2n) is 6.55. The molecule has 0 aliphatic rings. The van der Waals surface area contributed by atoms with E-state index in [4.69, 9.17) is 4.74 Å². The van der Waals surface area contributed by atoms with Gasteiger partial charge in [-0.3, -0.25) is 0 Å². The first-order chi connectivity index (χ1) is 9.85. The molecule has 0 aliphatic heterocycles. The van der Waals surface area contributed by atoms with Crippen LogP contribution in [-0.4, -0.2) is 11.6 Å². The van der Waals surface area contributed by atoms with Crippen molar-refractivity contribution in [3.05, 3.63) is 53.5 Å². The molecule has 0 aliphatic carbocycles. The summed E-state index contributed by atoms with van der Waals surface area (Å²) in [5.74, 6) is -0.307. The molecule has 2 rings (SSSR count). The largest absolute Gasteiger partial charge is 0.375 e. The fourth-order valence-electron chi connectivity index (χ4n) is 1.94. The van der Waals surface area contributed by atoms with E-state index in [-0.39, 0.29) is 11.2 Å². The van der Waals surface area contributed by atoms with Crippen molar-refractivity contribution in [1.29, 1.82) is 0 Å². The van der Waals surface area contributed by atoms with E-state index in [1.165, 1.54) is 6.07 Å². The second kappa shape index (κ2) is 6.35. The maximum Gasteiger partial charge on any atom is 0.149 e. The highest BCUT2D eigenvalue weighted by molar-refractivity contribution is 5.60. The molecular weight excluding hydrogens is 265 g/mol. The summed E-state index contributed by atoms with van der Waals surface area (Å²) in [6, 6.07) is 10.8. The molecule has 0 saturated heterocycles. The third-order valence-electron chi connectivity index (χ3n) is 3.01. The van der Waals surface area contributed by atoms with Gasteiger partial charge in [-0.2, -0.15) is 0 Å². The molecule has 2 aromatic rings. The van der Waals surface area contributed by atoms with Gasteiger partial charge in [-0.25, -0.2) is 9.37 Å². The smallest absolute Gasteiger partial charge is 0.149 e. The summed E-state index contributed by atoms with van der Waals surface area (Å²) in [6.07, 6.45) is 0. The summed E-state index contributed by atoms with van der Waals surface area (Å²) >= 11 is 0. The molecule has 0 N–H and O–H groups in total. The van der Waals surface area contributed by atoms with E-state index in [1.54, 1.807) is 6.07 Å². The average molecular weight is 287 g/mol. The van der Waals surface area contributed by atoms with Crippen LogP contribution in [0.3, 0.4) is 0 Å². The molecule has 1 aromatic heterocycles. The van der Waals surface area contributed by atoms with Gasteiger partial charge < -0.3 is 4.74 Å². The van der Waals surface area contributed by atoms with Gasteiger partial charge in [0.1, 0.15) is 11.5 Å². The zero-order chi connectivity index (χ0) is 15.5. The normalized spacial score (nSPS) is 11.7. The Morgan fingerprint density at radius 2 is 1.71 bits per heavy atom. The summed E-state index contributed by atoms with van der Waals surface area (Å²) < 4.78 is 19.6. The highest BCUT2D eigenvalue weighted by Gasteiger charge is 2.12. The van der Waals surface area contributed by atoms with E-state index in [9.17, 15) is 4.39 Å². The number of rotatable bonds is 4. The monoisotopic (exact) mass is 287 g/mol. The topological polar surface area (TPSA) is 22.1 Å². The van der Waals surface area contributed by atoms with Crippen LogP contribution >= 0.6 is 0 Å². The number of pyridine rings is 1. The van der Waals surface area contributed by atoms with Crippen LogP contribution in [0.15, 0.2) is 36.4 Å². The Kier molecular flexibility index (Phi) is 4.73. The highest BCUT2D eigenvalue weighted by atomic mass is 19.1. The van der Waals surface area contributed by atoms with Crippen molar-refractivity contribution in [2.75, 3.05) is 6.61 Å². The van der Waals surface area contributed by atoms with Crippen molar-refractivity contribution in [2.24, 2.45) is 5.41 Å². The lowest BCUT2D eigenvalue weighted by atomic mass is 9.99. The van der Waals surface area contributed by atoms with Crippen LogP contribution in [0, 0.1) is 18.2 Å². The Hall–Kier alpha value is -1.74. The first-order valence-electron chi connectivity index (χ1n) is 7.15. The van der Waals surface area contributed by atoms with E-state index in [1.807, 2.05) is 31.2 Å². The minimum atomic E-state index is -0.307. The molecule has 0 fully saturated rings. The lowest BCUT2D eigenvalue weighted by Gasteiger charge is -2.17. The Morgan fingerprint density at radius 1 is 1.05 bits per heavy atom. The van der Waals surface area contributed by atoms with Gasteiger partial charge in [0.25, 0.3) is 0 Å². The van der Waals surface area contributed by atoms with Crippen LogP contribution in [0.25, 0.3) is 11.3 Å². The first kappa shape index (κ1) is 15.6. The third kappa shape index (κ3) is 4.64. The standard InChI is InChI=1S/C18H22FNO/c1-13-5-7-14(8-6-13)17-16(19)10-9-15(20-17)11-21-12-18(2,3)4/h5-10H,11-12H2,1-4H3. The maximum absolute atomic E-state index is 14.0. The van der Waals surface area contributed by atoms with Crippen LogP contribution in [0.2, 0.25) is 0 Å². The van der Waals surface area contributed by atoms with Gasteiger partial charge in [0, 0.05) is 5.56 Å². The fourth-order valence-corrected chi connectivity index (χ4v) is 1.94. The van der Waals surface area contributed by atoms with Crippen LogP contribution in [-0.2, 0) is 11.3 Å². The molecule has 21 heavy (non-hydrogen) atoms. The van der Waals surface area contributed by atoms with Gasteiger partial charge in [-0.15, -0.1) is 0 Å². The van der Waals surface area contributed by atoms with Gasteiger partial charge in [-0.05, 0) is 24.5 Å². The van der Waals surface area contributed by atoms with Gasteiger partial charge in [-0.1, -0.05) is 50.6 Å². The average Bonchev–Trinajstić information content (AvgIpc) is 2.40. The summed E-state index contributed by atoms with van der Waals surface area (Å²) in [5.41, 5.74) is 3.17. The molecule has 1 aromatic carbocycles. The van der Waals surface area contributed by atoms with E-state index < -0.39 is 0 Å².